The summed E-state index contributed by atoms with van der Waals surface area (Å²) in [7, 11) is 1.55. The molecule has 0 aromatic heterocycles. The Morgan fingerprint density at radius 3 is 2.12 bits per heavy atom. The predicted octanol–water partition coefficient (Wildman–Crippen LogP) is 4.93. The lowest BCUT2D eigenvalue weighted by Crippen LogP contribution is -2.30. The van der Waals surface area contributed by atoms with Crippen molar-refractivity contribution in [3.05, 3.63) is 126 Å². The highest BCUT2D eigenvalue weighted by Crippen LogP contribution is 2.22. The molecule has 4 aromatic rings. The zero-order chi connectivity index (χ0) is 29.9. The molecule has 42 heavy (non-hydrogen) atoms. The van der Waals surface area contributed by atoms with Crippen LogP contribution >= 0.6 is 11.8 Å². The lowest BCUT2D eigenvalue weighted by atomic mass is 10.1. The number of methoxy groups -OCH3 is 1. The van der Waals surface area contributed by atoms with Crippen LogP contribution in [0.3, 0.4) is 0 Å². The number of hydrogen-bond acceptors (Lipinski definition) is 6. The molecule has 5 N–H and O–H groups in total. The summed E-state index contributed by atoms with van der Waals surface area (Å²) in [5.41, 5.74) is 7.79. The molecule has 0 radical (unpaired) electrons. The van der Waals surface area contributed by atoms with Crippen LogP contribution in [0.4, 0.5) is 11.4 Å². The van der Waals surface area contributed by atoms with Crippen molar-refractivity contribution in [2.75, 3.05) is 23.5 Å². The lowest BCUT2D eigenvalue weighted by molar-refractivity contribution is -0.114. The van der Waals surface area contributed by atoms with E-state index in [4.69, 9.17) is 10.5 Å². The van der Waals surface area contributed by atoms with Gasteiger partial charge >= 0.3 is 0 Å². The van der Waals surface area contributed by atoms with Gasteiger partial charge in [-0.15, -0.1) is 11.8 Å². The molecule has 0 unspecified atom stereocenters. The summed E-state index contributed by atoms with van der Waals surface area (Å²) < 4.78 is 5.27. The van der Waals surface area contributed by atoms with Crippen LogP contribution in [0.2, 0.25) is 0 Å². The first-order valence-corrected chi connectivity index (χ1v) is 13.8. The van der Waals surface area contributed by atoms with E-state index in [0.717, 1.165) is 4.90 Å². The molecule has 0 aliphatic carbocycles. The molecule has 0 aliphatic rings. The average molecular weight is 581 g/mol. The summed E-state index contributed by atoms with van der Waals surface area (Å²) >= 11 is 1.32. The molecule has 0 saturated carbocycles. The molecule has 0 saturated heterocycles. The molecule has 10 heteroatoms. The van der Waals surface area contributed by atoms with Gasteiger partial charge in [0.05, 0.1) is 12.9 Å². The molecule has 4 rings (SSSR count). The Labute approximate surface area is 247 Å². The SMILES string of the molecule is COc1cccc(/C=C(\NC(=O)c2ccccc2)C(=O)Nc2ccc(SCC(=O)Nc3ccc(C(N)=O)cc3)cc2)c1. The Morgan fingerprint density at radius 2 is 1.45 bits per heavy atom. The normalized spacial score (nSPS) is 10.8. The van der Waals surface area contributed by atoms with E-state index in [9.17, 15) is 19.2 Å². The minimum atomic E-state index is -0.538. The zero-order valence-electron chi connectivity index (χ0n) is 22.6. The summed E-state index contributed by atoms with van der Waals surface area (Å²) in [5, 5.41) is 8.29. The Kier molecular flexibility index (Phi) is 10.1. The van der Waals surface area contributed by atoms with Gasteiger partial charge in [0.2, 0.25) is 11.8 Å². The van der Waals surface area contributed by atoms with Crippen LogP contribution in [0, 0.1) is 0 Å². The van der Waals surface area contributed by atoms with E-state index < -0.39 is 17.7 Å². The van der Waals surface area contributed by atoms with Gasteiger partial charge < -0.3 is 26.4 Å². The van der Waals surface area contributed by atoms with Gasteiger partial charge in [0.15, 0.2) is 0 Å². The molecule has 0 heterocycles. The highest BCUT2D eigenvalue weighted by atomic mass is 32.2. The second kappa shape index (κ2) is 14.3. The highest BCUT2D eigenvalue weighted by molar-refractivity contribution is 8.00. The second-order valence-electron chi connectivity index (χ2n) is 8.91. The number of rotatable bonds is 11. The number of hydrogen-bond donors (Lipinski definition) is 4. The number of amides is 4. The second-order valence-corrected chi connectivity index (χ2v) is 9.96. The van der Waals surface area contributed by atoms with Crippen molar-refractivity contribution in [1.29, 1.82) is 0 Å². The van der Waals surface area contributed by atoms with Crippen molar-refractivity contribution in [2.24, 2.45) is 5.73 Å². The fourth-order valence-electron chi connectivity index (χ4n) is 3.74. The fourth-order valence-corrected chi connectivity index (χ4v) is 4.44. The van der Waals surface area contributed by atoms with Crippen LogP contribution in [-0.2, 0) is 9.59 Å². The summed E-state index contributed by atoms with van der Waals surface area (Å²) in [4.78, 5) is 50.5. The van der Waals surface area contributed by atoms with E-state index in [-0.39, 0.29) is 17.4 Å². The number of nitrogens with one attached hydrogen (secondary N) is 3. The average Bonchev–Trinajstić information content (AvgIpc) is 3.01. The fraction of sp³-hybridized carbons (Fsp3) is 0.0625. The van der Waals surface area contributed by atoms with Crippen LogP contribution in [0.1, 0.15) is 26.3 Å². The van der Waals surface area contributed by atoms with Crippen molar-refractivity contribution in [2.45, 2.75) is 4.90 Å². The maximum absolute atomic E-state index is 13.3. The van der Waals surface area contributed by atoms with E-state index in [1.54, 1.807) is 116 Å². The third-order valence-electron chi connectivity index (χ3n) is 5.87. The topological polar surface area (TPSA) is 140 Å². The van der Waals surface area contributed by atoms with Crippen LogP contribution in [0.25, 0.3) is 6.08 Å². The summed E-state index contributed by atoms with van der Waals surface area (Å²) in [6.45, 7) is 0. The van der Waals surface area contributed by atoms with Gasteiger partial charge in [0.25, 0.3) is 11.8 Å². The molecule has 4 amide bonds. The minimum Gasteiger partial charge on any atom is -0.497 e. The van der Waals surface area contributed by atoms with Crippen molar-refractivity contribution >= 4 is 52.8 Å². The maximum Gasteiger partial charge on any atom is 0.272 e. The number of primary amides is 1. The van der Waals surface area contributed by atoms with E-state index in [1.807, 2.05) is 0 Å². The predicted molar refractivity (Wildman–Crippen MR) is 164 cm³/mol. The molecule has 4 aromatic carbocycles. The van der Waals surface area contributed by atoms with Gasteiger partial charge in [0.1, 0.15) is 11.4 Å². The van der Waals surface area contributed by atoms with E-state index in [1.165, 1.54) is 11.8 Å². The van der Waals surface area contributed by atoms with Gasteiger partial charge in [-0.1, -0.05) is 30.3 Å². The molecular formula is C32H28N4O5S. The first-order valence-electron chi connectivity index (χ1n) is 12.8. The standard InChI is InChI=1S/C32H28N4O5S/c1-41-26-9-5-6-21(18-26)19-28(36-31(39)23-7-3-2-4-8-23)32(40)35-25-14-16-27(17-15-25)42-20-29(37)34-24-12-10-22(11-13-24)30(33)38/h2-19H,20H2,1H3,(H2,33,38)(H,34,37)(H,35,40)(H,36,39)/b28-19-. The molecule has 0 aliphatic heterocycles. The number of nitrogens with two attached hydrogens (primary N) is 1. The number of carbonyl (C=O) groups is 4. The molecule has 0 spiro atoms. The Balaban J connectivity index is 1.39. The monoisotopic (exact) mass is 580 g/mol. The summed E-state index contributed by atoms with van der Waals surface area (Å²) in [5.74, 6) is -0.921. The Bertz CT molecular complexity index is 1600. The van der Waals surface area contributed by atoms with Crippen LogP contribution in [0.5, 0.6) is 5.75 Å². The molecule has 9 nitrogen and oxygen atoms in total. The van der Waals surface area contributed by atoms with Crippen molar-refractivity contribution in [3.8, 4) is 5.75 Å². The number of thioether (sulfide) groups is 1. The maximum atomic E-state index is 13.3. The first kappa shape index (κ1) is 29.6. The van der Waals surface area contributed by atoms with Crippen molar-refractivity contribution in [1.82, 2.24) is 5.32 Å². The van der Waals surface area contributed by atoms with Gasteiger partial charge in [0, 0.05) is 27.4 Å². The van der Waals surface area contributed by atoms with E-state index >= 15 is 0 Å². The van der Waals surface area contributed by atoms with Crippen LogP contribution < -0.4 is 26.4 Å². The van der Waals surface area contributed by atoms with Gasteiger partial charge in [-0.05, 0) is 84.4 Å². The third-order valence-corrected chi connectivity index (χ3v) is 6.88. The number of ether oxygens (including phenoxy) is 1. The van der Waals surface area contributed by atoms with Crippen LogP contribution in [0.15, 0.2) is 114 Å². The Hall–Kier alpha value is -5.35. The number of carbonyl (C=O) groups excluding carboxylic acids is 4. The zero-order valence-corrected chi connectivity index (χ0v) is 23.4. The quantitative estimate of drug-likeness (QED) is 0.146. The van der Waals surface area contributed by atoms with Crippen LogP contribution in [-0.4, -0.2) is 36.5 Å². The molecule has 0 fully saturated rings. The smallest absolute Gasteiger partial charge is 0.272 e. The molecule has 0 bridgehead atoms. The van der Waals surface area contributed by atoms with Gasteiger partial charge in [-0.3, -0.25) is 19.2 Å². The summed E-state index contributed by atoms with van der Waals surface area (Å²) in [6.07, 6.45) is 1.57. The van der Waals surface area contributed by atoms with Gasteiger partial charge in [-0.25, -0.2) is 0 Å². The molecule has 212 valence electrons. The van der Waals surface area contributed by atoms with Gasteiger partial charge in [-0.2, -0.15) is 0 Å². The van der Waals surface area contributed by atoms with E-state index in [0.29, 0.717) is 33.8 Å². The van der Waals surface area contributed by atoms with Crippen molar-refractivity contribution in [3.63, 3.8) is 0 Å². The minimum absolute atomic E-state index is 0.0519. The molecule has 0 atom stereocenters. The van der Waals surface area contributed by atoms with Crippen molar-refractivity contribution < 1.29 is 23.9 Å². The van der Waals surface area contributed by atoms with E-state index in [2.05, 4.69) is 16.0 Å². The first-order chi connectivity index (χ1) is 20.3. The Morgan fingerprint density at radius 1 is 0.786 bits per heavy atom. The highest BCUT2D eigenvalue weighted by Gasteiger charge is 2.15. The third kappa shape index (κ3) is 8.57. The lowest BCUT2D eigenvalue weighted by Gasteiger charge is -2.12. The number of benzene rings is 4. The largest absolute Gasteiger partial charge is 0.497 e. The summed E-state index contributed by atoms with van der Waals surface area (Å²) in [6, 6.07) is 29.0. The molecular weight excluding hydrogens is 552 g/mol. The number of anilines is 2.